The first-order valence-corrected chi connectivity index (χ1v) is 11.9. The van der Waals surface area contributed by atoms with E-state index in [-0.39, 0.29) is 21.7 Å². The summed E-state index contributed by atoms with van der Waals surface area (Å²) in [5, 5.41) is 11.8. The number of likely N-dealkylation sites (N-methyl/N-ethyl adjacent to an activating group) is 1. The number of halogens is 1. The van der Waals surface area contributed by atoms with Crippen LogP contribution >= 0.6 is 22.7 Å². The average Bonchev–Trinajstić information content (AvgIpc) is 3.44. The number of thiazole rings is 1. The topological polar surface area (TPSA) is 69.3 Å². The van der Waals surface area contributed by atoms with Gasteiger partial charge in [-0.2, -0.15) is 5.26 Å². The SMILES string of the molecule is CCN1CCN(C(=O)/C(C#N)=c2\s/c(=C\c3cccs3)c(=O)n2-c2ccc(F)cc2)CC1. The van der Waals surface area contributed by atoms with Crippen molar-refractivity contribution in [3.05, 3.63) is 72.0 Å². The van der Waals surface area contributed by atoms with Crippen LogP contribution < -0.4 is 14.8 Å². The van der Waals surface area contributed by atoms with Gasteiger partial charge < -0.3 is 9.80 Å². The molecule has 3 aromatic rings. The molecule has 32 heavy (non-hydrogen) atoms. The average molecular weight is 469 g/mol. The molecule has 0 radical (unpaired) electrons. The number of rotatable bonds is 4. The fraction of sp³-hybridized carbons (Fsp3) is 0.261. The third-order valence-corrected chi connectivity index (χ3v) is 7.28. The van der Waals surface area contributed by atoms with E-state index in [4.69, 9.17) is 0 Å². The number of aromatic nitrogens is 1. The zero-order valence-corrected chi connectivity index (χ0v) is 19.1. The highest BCUT2D eigenvalue weighted by molar-refractivity contribution is 7.11. The van der Waals surface area contributed by atoms with E-state index in [1.54, 1.807) is 11.0 Å². The second kappa shape index (κ2) is 9.61. The molecule has 0 unspecified atom stereocenters. The smallest absolute Gasteiger partial charge is 0.273 e. The summed E-state index contributed by atoms with van der Waals surface area (Å²) in [6.45, 7) is 5.52. The molecule has 1 saturated heterocycles. The molecule has 0 saturated carbocycles. The van der Waals surface area contributed by atoms with Crippen molar-refractivity contribution in [3.63, 3.8) is 0 Å². The lowest BCUT2D eigenvalue weighted by Gasteiger charge is -2.33. The monoisotopic (exact) mass is 468 g/mol. The third-order valence-electron chi connectivity index (χ3n) is 5.37. The summed E-state index contributed by atoms with van der Waals surface area (Å²) in [5.41, 5.74) is -0.0154. The van der Waals surface area contributed by atoms with Gasteiger partial charge in [-0.1, -0.05) is 13.0 Å². The predicted octanol–water partition coefficient (Wildman–Crippen LogP) is 1.77. The summed E-state index contributed by atoms with van der Waals surface area (Å²) >= 11 is 2.59. The standard InChI is InChI=1S/C23H21FN4O2S2/c1-2-26-9-11-27(12-10-26)21(29)19(15-25)23-28(17-7-5-16(24)6-8-17)22(30)20(32-23)14-18-4-3-13-31-18/h3-8,13-14H,2,9-12H2,1H3/b20-14-,23-19-. The first kappa shape index (κ1) is 22.1. The molecule has 0 spiro atoms. The summed E-state index contributed by atoms with van der Waals surface area (Å²) < 4.78 is 15.5. The molecular formula is C23H21FN4O2S2. The molecule has 2 aromatic heterocycles. The number of carbonyl (C=O) groups excluding carboxylic acids is 1. The molecule has 9 heteroatoms. The molecule has 1 aromatic carbocycles. The Kier molecular flexibility index (Phi) is 6.65. The number of piperazine rings is 1. The van der Waals surface area contributed by atoms with Crippen molar-refractivity contribution in [2.45, 2.75) is 6.92 Å². The van der Waals surface area contributed by atoms with Gasteiger partial charge in [0, 0.05) is 31.1 Å². The number of thiophene rings is 1. The highest BCUT2D eigenvalue weighted by Gasteiger charge is 2.25. The molecule has 0 aliphatic carbocycles. The second-order valence-electron chi connectivity index (χ2n) is 7.26. The summed E-state index contributed by atoms with van der Waals surface area (Å²) in [4.78, 5) is 31.4. The number of hydrogen-bond donors (Lipinski definition) is 0. The fourth-order valence-electron chi connectivity index (χ4n) is 3.59. The van der Waals surface area contributed by atoms with Gasteiger partial charge in [0.15, 0.2) is 5.57 Å². The molecule has 3 heterocycles. The Morgan fingerprint density at radius 3 is 2.50 bits per heavy atom. The number of benzene rings is 1. The Balaban J connectivity index is 1.90. The first-order valence-electron chi connectivity index (χ1n) is 10.2. The van der Waals surface area contributed by atoms with Crippen LogP contribution in [0.2, 0.25) is 0 Å². The van der Waals surface area contributed by atoms with Gasteiger partial charge in [0.2, 0.25) is 0 Å². The third kappa shape index (κ3) is 4.43. The molecule has 164 valence electrons. The summed E-state index contributed by atoms with van der Waals surface area (Å²) in [6.07, 6.45) is 1.75. The Labute approximate surface area is 192 Å². The molecule has 1 fully saturated rings. The quantitative estimate of drug-likeness (QED) is 0.585. The van der Waals surface area contributed by atoms with E-state index in [1.807, 2.05) is 23.6 Å². The van der Waals surface area contributed by atoms with Crippen LogP contribution in [0.5, 0.6) is 0 Å². The number of amides is 1. The van der Waals surface area contributed by atoms with Gasteiger partial charge in [-0.05, 0) is 48.3 Å². The zero-order valence-electron chi connectivity index (χ0n) is 17.5. The molecule has 0 bridgehead atoms. The van der Waals surface area contributed by atoms with Crippen LogP contribution in [0.15, 0.2) is 46.6 Å². The van der Waals surface area contributed by atoms with Crippen molar-refractivity contribution >= 4 is 40.2 Å². The van der Waals surface area contributed by atoms with E-state index in [2.05, 4.69) is 11.8 Å². The lowest BCUT2D eigenvalue weighted by molar-refractivity contribution is -0.126. The van der Waals surface area contributed by atoms with Crippen LogP contribution in [0.1, 0.15) is 11.8 Å². The maximum Gasteiger partial charge on any atom is 0.273 e. The van der Waals surface area contributed by atoms with Gasteiger partial charge in [0.25, 0.3) is 11.5 Å². The van der Waals surface area contributed by atoms with E-state index in [1.165, 1.54) is 40.2 Å². The Morgan fingerprint density at radius 1 is 1.19 bits per heavy atom. The number of carbonyl (C=O) groups is 1. The summed E-state index contributed by atoms with van der Waals surface area (Å²) in [6, 6.07) is 11.3. The Bertz CT molecular complexity index is 1330. The van der Waals surface area contributed by atoms with Crippen molar-refractivity contribution < 1.29 is 9.18 Å². The zero-order chi connectivity index (χ0) is 22.7. The normalized spacial score (nSPS) is 16.2. The minimum absolute atomic E-state index is 0.0767. The molecule has 1 aliphatic rings. The van der Waals surface area contributed by atoms with Crippen LogP contribution in [-0.2, 0) is 4.79 Å². The molecule has 0 atom stereocenters. The van der Waals surface area contributed by atoms with E-state index in [0.29, 0.717) is 23.3 Å². The summed E-state index contributed by atoms with van der Waals surface area (Å²) in [5.74, 6) is -0.818. The number of nitriles is 1. The lowest BCUT2D eigenvalue weighted by atomic mass is 10.2. The molecule has 6 nitrogen and oxygen atoms in total. The number of nitrogens with zero attached hydrogens (tertiary/aromatic N) is 4. The van der Waals surface area contributed by atoms with Gasteiger partial charge in [-0.3, -0.25) is 14.2 Å². The van der Waals surface area contributed by atoms with Gasteiger partial charge in [0.05, 0.1) is 10.2 Å². The molecule has 1 amide bonds. The summed E-state index contributed by atoms with van der Waals surface area (Å²) in [7, 11) is 0. The van der Waals surface area contributed by atoms with Gasteiger partial charge in [0.1, 0.15) is 16.5 Å². The van der Waals surface area contributed by atoms with E-state index in [9.17, 15) is 19.2 Å². The van der Waals surface area contributed by atoms with Crippen LogP contribution in [0.25, 0.3) is 17.3 Å². The molecular weight excluding hydrogens is 447 g/mol. The molecule has 4 rings (SSSR count). The second-order valence-corrected chi connectivity index (χ2v) is 9.27. The molecule has 1 aliphatic heterocycles. The molecule has 0 N–H and O–H groups in total. The van der Waals surface area contributed by atoms with Gasteiger partial charge in [-0.15, -0.1) is 22.7 Å². The van der Waals surface area contributed by atoms with Crippen LogP contribution in [0.3, 0.4) is 0 Å². The van der Waals surface area contributed by atoms with Crippen molar-refractivity contribution in [1.29, 1.82) is 5.26 Å². The minimum Gasteiger partial charge on any atom is -0.335 e. The maximum atomic E-state index is 13.5. The fourth-order valence-corrected chi connectivity index (χ4v) is 5.41. The van der Waals surface area contributed by atoms with Crippen LogP contribution in [0.4, 0.5) is 4.39 Å². The van der Waals surface area contributed by atoms with Crippen molar-refractivity contribution in [2.75, 3.05) is 32.7 Å². The van der Waals surface area contributed by atoms with E-state index >= 15 is 0 Å². The predicted molar refractivity (Wildman–Crippen MR) is 125 cm³/mol. The van der Waals surface area contributed by atoms with Crippen LogP contribution in [0, 0.1) is 17.1 Å². The highest BCUT2D eigenvalue weighted by Crippen LogP contribution is 2.11. The lowest BCUT2D eigenvalue weighted by Crippen LogP contribution is -2.49. The van der Waals surface area contributed by atoms with E-state index in [0.717, 1.165) is 35.8 Å². The van der Waals surface area contributed by atoms with Crippen LogP contribution in [-0.4, -0.2) is 53.0 Å². The van der Waals surface area contributed by atoms with Crippen molar-refractivity contribution in [1.82, 2.24) is 14.4 Å². The largest absolute Gasteiger partial charge is 0.335 e. The van der Waals surface area contributed by atoms with Crippen molar-refractivity contribution in [3.8, 4) is 11.8 Å². The first-order chi connectivity index (χ1) is 15.5. The maximum absolute atomic E-state index is 13.5. The van der Waals surface area contributed by atoms with Crippen molar-refractivity contribution in [2.24, 2.45) is 0 Å². The minimum atomic E-state index is -0.432. The van der Waals surface area contributed by atoms with Gasteiger partial charge >= 0.3 is 0 Å². The van der Waals surface area contributed by atoms with Gasteiger partial charge in [-0.25, -0.2) is 4.39 Å². The number of hydrogen-bond acceptors (Lipinski definition) is 6. The van der Waals surface area contributed by atoms with E-state index < -0.39 is 5.82 Å². The Morgan fingerprint density at radius 2 is 1.91 bits per heavy atom. The Hall–Kier alpha value is -3.06. The highest BCUT2D eigenvalue weighted by atomic mass is 32.1.